The average Bonchev–Trinajstić information content (AvgIpc) is 2.24. The first-order valence-electron chi connectivity index (χ1n) is 7.28. The summed E-state index contributed by atoms with van der Waals surface area (Å²) in [6.07, 6.45) is 6.53. The topological polar surface area (TPSA) is 20.2 Å². The van der Waals surface area contributed by atoms with Crippen LogP contribution in [0.1, 0.15) is 59.8 Å². The van der Waals surface area contributed by atoms with E-state index in [4.69, 9.17) is 0 Å². The van der Waals surface area contributed by atoms with Crippen molar-refractivity contribution >= 4 is 18.4 Å². The van der Waals surface area contributed by atoms with Gasteiger partial charge in [0, 0.05) is 0 Å². The summed E-state index contributed by atoms with van der Waals surface area (Å²) in [5.41, 5.74) is 0. The Bertz CT molecular complexity index is 151. The molecule has 0 saturated heterocycles. The summed E-state index contributed by atoms with van der Waals surface area (Å²) in [6, 6.07) is 0. The van der Waals surface area contributed by atoms with Gasteiger partial charge in [-0.25, -0.2) is 0 Å². The van der Waals surface area contributed by atoms with Crippen molar-refractivity contribution in [2.75, 3.05) is 0 Å². The van der Waals surface area contributed by atoms with Crippen molar-refractivity contribution in [3.8, 4) is 0 Å². The quantitative estimate of drug-likeness (QED) is 0.567. The Morgan fingerprint density at radius 3 is 1.81 bits per heavy atom. The molecule has 0 saturated carbocycles. The Hall–Kier alpha value is 0.759. The molecule has 0 spiro atoms. The normalized spacial score (nSPS) is 14.1. The molecule has 0 radical (unpaired) electrons. The van der Waals surface area contributed by atoms with E-state index in [0.29, 0.717) is 0 Å². The number of aliphatic hydroxyl groups excluding tert-OH is 1. The molecule has 16 heavy (non-hydrogen) atoms. The van der Waals surface area contributed by atoms with Gasteiger partial charge in [0.05, 0.1) is 0 Å². The molecular formula is C14H32OSn. The molecule has 0 aliphatic carbocycles. The molecule has 1 atom stereocenters. The van der Waals surface area contributed by atoms with Gasteiger partial charge in [-0.2, -0.15) is 0 Å². The second-order valence-electron chi connectivity index (χ2n) is 5.49. The summed E-state index contributed by atoms with van der Waals surface area (Å²) in [4.78, 5) is 0. The monoisotopic (exact) mass is 336 g/mol. The summed E-state index contributed by atoms with van der Waals surface area (Å²) in [5, 5.41) is 9.51. The van der Waals surface area contributed by atoms with Crippen LogP contribution < -0.4 is 0 Å². The minimum absolute atomic E-state index is 0.0774. The van der Waals surface area contributed by atoms with Crippen LogP contribution in [0.4, 0.5) is 0 Å². The van der Waals surface area contributed by atoms with Gasteiger partial charge in [-0.05, 0) is 0 Å². The maximum absolute atomic E-state index is 9.51. The molecule has 0 amide bonds. The molecule has 0 heterocycles. The van der Waals surface area contributed by atoms with Gasteiger partial charge < -0.3 is 0 Å². The molecule has 0 aromatic carbocycles. The zero-order valence-corrected chi connectivity index (χ0v) is 14.7. The number of unbranched alkanes of at least 4 members (excludes halogenated alkanes) is 1. The number of hydrogen-bond donors (Lipinski definition) is 1. The van der Waals surface area contributed by atoms with E-state index in [9.17, 15) is 5.11 Å². The molecule has 1 nitrogen and oxygen atoms in total. The third kappa shape index (κ3) is 7.16. The summed E-state index contributed by atoms with van der Waals surface area (Å²) < 4.78 is 6.10. The third-order valence-electron chi connectivity index (χ3n) is 3.71. The van der Waals surface area contributed by atoms with Crippen LogP contribution in [0.3, 0.4) is 0 Å². The van der Waals surface area contributed by atoms with E-state index in [0.717, 1.165) is 6.42 Å². The van der Waals surface area contributed by atoms with Gasteiger partial charge in [0.1, 0.15) is 0 Å². The van der Waals surface area contributed by atoms with Gasteiger partial charge in [-0.15, -0.1) is 0 Å². The van der Waals surface area contributed by atoms with Crippen LogP contribution >= 0.6 is 0 Å². The zero-order chi connectivity index (χ0) is 12.4. The molecule has 2 heteroatoms. The van der Waals surface area contributed by atoms with Gasteiger partial charge in [0.15, 0.2) is 0 Å². The Morgan fingerprint density at radius 2 is 1.44 bits per heavy atom. The van der Waals surface area contributed by atoms with Crippen LogP contribution in [-0.2, 0) is 0 Å². The van der Waals surface area contributed by atoms with Crippen molar-refractivity contribution in [1.29, 1.82) is 0 Å². The van der Waals surface area contributed by atoms with E-state index < -0.39 is 18.4 Å². The van der Waals surface area contributed by atoms with Crippen molar-refractivity contribution in [2.24, 2.45) is 0 Å². The van der Waals surface area contributed by atoms with E-state index in [1.807, 2.05) is 6.92 Å². The molecular weight excluding hydrogens is 303 g/mol. The first-order valence-corrected chi connectivity index (χ1v) is 15.4. The van der Waals surface area contributed by atoms with E-state index in [-0.39, 0.29) is 6.10 Å². The Kier molecular flexibility index (Phi) is 10.2. The van der Waals surface area contributed by atoms with Gasteiger partial charge in [0.25, 0.3) is 0 Å². The number of aliphatic hydroxyl groups is 1. The molecule has 0 aromatic heterocycles. The van der Waals surface area contributed by atoms with Gasteiger partial charge in [-0.3, -0.25) is 0 Å². The first-order chi connectivity index (χ1) is 7.60. The van der Waals surface area contributed by atoms with Crippen LogP contribution in [0.2, 0.25) is 17.7 Å². The molecule has 1 unspecified atom stereocenters. The Labute approximate surface area is 107 Å². The van der Waals surface area contributed by atoms with Crippen LogP contribution in [0.25, 0.3) is 0 Å². The Morgan fingerprint density at radius 1 is 0.875 bits per heavy atom. The second-order valence-corrected chi connectivity index (χ2v) is 19.8. The number of rotatable bonds is 10. The molecule has 98 valence electrons. The van der Waals surface area contributed by atoms with Crippen LogP contribution in [0.15, 0.2) is 0 Å². The summed E-state index contributed by atoms with van der Waals surface area (Å²) in [5.74, 6) is 0. The maximum atomic E-state index is 9.51. The molecule has 0 aromatic rings. The van der Waals surface area contributed by atoms with Gasteiger partial charge in [-0.1, -0.05) is 0 Å². The molecule has 0 aliphatic rings. The fourth-order valence-electron chi connectivity index (χ4n) is 2.88. The SMILES string of the molecule is CCC[CH2][Sn]([CH2]CC)([CH2]CC)[CH2]CC(C)O. The average molecular weight is 335 g/mol. The predicted octanol–water partition coefficient (Wildman–Crippen LogP) is 4.83. The summed E-state index contributed by atoms with van der Waals surface area (Å²) in [6.45, 7) is 8.95. The summed E-state index contributed by atoms with van der Waals surface area (Å²) in [7, 11) is 0. The molecule has 0 bridgehead atoms. The molecule has 0 aliphatic heterocycles. The van der Waals surface area contributed by atoms with Crippen molar-refractivity contribution in [3.63, 3.8) is 0 Å². The molecule has 0 rings (SSSR count). The van der Waals surface area contributed by atoms with E-state index in [2.05, 4.69) is 20.8 Å². The van der Waals surface area contributed by atoms with Crippen LogP contribution in [-0.4, -0.2) is 29.6 Å². The Balaban J connectivity index is 4.36. The van der Waals surface area contributed by atoms with Crippen molar-refractivity contribution in [3.05, 3.63) is 0 Å². The fraction of sp³-hybridized carbons (Fsp3) is 1.00. The summed E-state index contributed by atoms with van der Waals surface area (Å²) >= 11 is -1.84. The van der Waals surface area contributed by atoms with Crippen LogP contribution in [0, 0.1) is 0 Å². The number of hydrogen-bond acceptors (Lipinski definition) is 1. The zero-order valence-electron chi connectivity index (χ0n) is 11.9. The fourth-order valence-corrected chi connectivity index (χ4v) is 19.3. The van der Waals surface area contributed by atoms with Crippen molar-refractivity contribution < 1.29 is 5.11 Å². The second kappa shape index (κ2) is 9.75. The van der Waals surface area contributed by atoms with Gasteiger partial charge in [0.2, 0.25) is 0 Å². The molecule has 1 N–H and O–H groups in total. The predicted molar refractivity (Wildman–Crippen MR) is 76.8 cm³/mol. The first kappa shape index (κ1) is 16.8. The minimum atomic E-state index is -1.84. The standard InChI is InChI=1S/C4H9O.C4H9.2C3H7.Sn/c1-3-4(2)5;1-3-4-2;2*1-3-2;/h4-5H,1,3H2,2H3;1,3-4H2,2H3;2*1,3H2,2H3;. The van der Waals surface area contributed by atoms with Crippen molar-refractivity contribution in [1.82, 2.24) is 0 Å². The van der Waals surface area contributed by atoms with E-state index in [1.54, 1.807) is 13.3 Å². The van der Waals surface area contributed by atoms with Gasteiger partial charge >= 0.3 is 107 Å². The van der Waals surface area contributed by atoms with E-state index in [1.165, 1.54) is 30.1 Å². The molecule has 0 fully saturated rings. The third-order valence-corrected chi connectivity index (χ3v) is 20.5. The van der Waals surface area contributed by atoms with E-state index >= 15 is 0 Å². The van der Waals surface area contributed by atoms with Crippen molar-refractivity contribution in [2.45, 2.75) is 83.6 Å². The van der Waals surface area contributed by atoms with Crippen LogP contribution in [0.5, 0.6) is 0 Å².